The molecular formula is C44H29NS. The van der Waals surface area contributed by atoms with E-state index in [-0.39, 0.29) is 0 Å². The molecule has 9 rings (SSSR count). The number of para-hydroxylation sites is 1. The van der Waals surface area contributed by atoms with E-state index in [1.807, 2.05) is 11.3 Å². The highest BCUT2D eigenvalue weighted by atomic mass is 32.1. The smallest absolute Gasteiger partial charge is 0.0476 e. The van der Waals surface area contributed by atoms with Gasteiger partial charge in [0, 0.05) is 37.2 Å². The minimum Gasteiger partial charge on any atom is -0.310 e. The molecule has 0 spiro atoms. The predicted octanol–water partition coefficient (Wildman–Crippen LogP) is 13.2. The molecule has 9 aromatic rings. The zero-order valence-electron chi connectivity index (χ0n) is 25.1. The van der Waals surface area contributed by atoms with E-state index >= 15 is 0 Å². The molecular weight excluding hydrogens is 575 g/mol. The van der Waals surface area contributed by atoms with Crippen LogP contribution in [0.3, 0.4) is 0 Å². The number of anilines is 3. The minimum atomic E-state index is 1.14. The Morgan fingerprint density at radius 3 is 1.61 bits per heavy atom. The molecule has 1 heterocycles. The highest BCUT2D eigenvalue weighted by Gasteiger charge is 2.15. The van der Waals surface area contributed by atoms with Gasteiger partial charge in [-0.15, -0.1) is 11.3 Å². The van der Waals surface area contributed by atoms with Crippen molar-refractivity contribution in [2.75, 3.05) is 4.90 Å². The molecule has 0 radical (unpaired) electrons. The normalized spacial score (nSPS) is 11.5. The van der Waals surface area contributed by atoms with Crippen molar-refractivity contribution in [2.45, 2.75) is 0 Å². The summed E-state index contributed by atoms with van der Waals surface area (Å²) in [5.74, 6) is 0. The van der Waals surface area contributed by atoms with Gasteiger partial charge >= 0.3 is 0 Å². The first kappa shape index (κ1) is 26.7. The predicted molar refractivity (Wildman–Crippen MR) is 200 cm³/mol. The van der Waals surface area contributed by atoms with Crippen LogP contribution in [0.2, 0.25) is 0 Å². The third kappa shape index (κ3) is 4.72. The molecule has 0 aliphatic carbocycles. The Kier molecular flexibility index (Phi) is 6.40. The third-order valence-corrected chi connectivity index (χ3v) is 10.1. The maximum Gasteiger partial charge on any atom is 0.0476 e. The van der Waals surface area contributed by atoms with Crippen molar-refractivity contribution in [1.29, 1.82) is 0 Å². The van der Waals surface area contributed by atoms with Gasteiger partial charge in [-0.2, -0.15) is 0 Å². The first-order valence-electron chi connectivity index (χ1n) is 15.7. The molecule has 0 bridgehead atoms. The quantitative estimate of drug-likeness (QED) is 0.189. The lowest BCUT2D eigenvalue weighted by Crippen LogP contribution is -2.09. The number of nitrogens with zero attached hydrogens (tertiary/aromatic N) is 1. The van der Waals surface area contributed by atoms with E-state index in [1.54, 1.807) is 0 Å². The number of hydrogen-bond donors (Lipinski definition) is 0. The lowest BCUT2D eigenvalue weighted by molar-refractivity contribution is 1.30. The van der Waals surface area contributed by atoms with Gasteiger partial charge in [0.25, 0.3) is 0 Å². The fourth-order valence-electron chi connectivity index (χ4n) is 6.67. The second kappa shape index (κ2) is 11.0. The molecule has 0 amide bonds. The van der Waals surface area contributed by atoms with Gasteiger partial charge in [-0.05, 0) is 104 Å². The maximum atomic E-state index is 2.37. The lowest BCUT2D eigenvalue weighted by atomic mass is 9.96. The molecule has 1 aromatic heterocycles. The average Bonchev–Trinajstić information content (AvgIpc) is 3.50. The van der Waals surface area contributed by atoms with Crippen LogP contribution in [-0.4, -0.2) is 0 Å². The molecule has 0 aliphatic rings. The summed E-state index contributed by atoms with van der Waals surface area (Å²) in [7, 11) is 0. The Balaban J connectivity index is 1.12. The van der Waals surface area contributed by atoms with Gasteiger partial charge < -0.3 is 4.90 Å². The maximum absolute atomic E-state index is 2.37. The summed E-state index contributed by atoms with van der Waals surface area (Å²) >= 11 is 1.86. The van der Waals surface area contributed by atoms with E-state index in [9.17, 15) is 0 Å². The van der Waals surface area contributed by atoms with Gasteiger partial charge in [0.1, 0.15) is 0 Å². The van der Waals surface area contributed by atoms with E-state index < -0.39 is 0 Å². The number of hydrogen-bond acceptors (Lipinski definition) is 2. The summed E-state index contributed by atoms with van der Waals surface area (Å²) in [5.41, 5.74) is 8.37. The fraction of sp³-hybridized carbons (Fsp3) is 0. The first-order valence-corrected chi connectivity index (χ1v) is 16.5. The lowest BCUT2D eigenvalue weighted by Gasteiger charge is -2.26. The number of benzene rings is 8. The summed E-state index contributed by atoms with van der Waals surface area (Å²) in [4.78, 5) is 2.37. The highest BCUT2D eigenvalue weighted by Crippen LogP contribution is 2.41. The molecule has 0 fully saturated rings. The van der Waals surface area contributed by atoms with Crippen molar-refractivity contribution in [3.63, 3.8) is 0 Å². The summed E-state index contributed by atoms with van der Waals surface area (Å²) < 4.78 is 2.62. The molecule has 1 nitrogen and oxygen atoms in total. The van der Waals surface area contributed by atoms with E-state index in [2.05, 4.69) is 181 Å². The van der Waals surface area contributed by atoms with Gasteiger partial charge in [-0.25, -0.2) is 0 Å². The van der Waals surface area contributed by atoms with Gasteiger partial charge in [-0.3, -0.25) is 0 Å². The van der Waals surface area contributed by atoms with Crippen molar-refractivity contribution >= 4 is 70.1 Å². The molecule has 0 saturated carbocycles. The first-order chi connectivity index (χ1) is 22.8. The third-order valence-electron chi connectivity index (χ3n) is 9.00. The molecule has 0 N–H and O–H groups in total. The Morgan fingerprint density at radius 1 is 0.304 bits per heavy atom. The van der Waals surface area contributed by atoms with E-state index in [0.29, 0.717) is 0 Å². The van der Waals surface area contributed by atoms with E-state index in [0.717, 1.165) is 17.1 Å². The molecule has 46 heavy (non-hydrogen) atoms. The molecule has 8 aromatic carbocycles. The second-order valence-corrected chi connectivity index (χ2v) is 12.9. The number of thiophene rings is 1. The average molecular weight is 604 g/mol. The molecule has 0 unspecified atom stereocenters. The van der Waals surface area contributed by atoms with Crippen molar-refractivity contribution in [1.82, 2.24) is 0 Å². The van der Waals surface area contributed by atoms with Crippen LogP contribution < -0.4 is 4.90 Å². The van der Waals surface area contributed by atoms with Crippen molar-refractivity contribution in [2.24, 2.45) is 0 Å². The Hall–Kier alpha value is -5.70. The molecule has 2 heteroatoms. The van der Waals surface area contributed by atoms with Crippen LogP contribution in [0.1, 0.15) is 0 Å². The summed E-state index contributed by atoms with van der Waals surface area (Å²) in [5, 5.41) is 7.59. The van der Waals surface area contributed by atoms with Crippen LogP contribution in [-0.2, 0) is 0 Å². The highest BCUT2D eigenvalue weighted by molar-refractivity contribution is 7.25. The molecule has 0 aliphatic heterocycles. The molecule has 0 saturated heterocycles. The van der Waals surface area contributed by atoms with E-state index in [4.69, 9.17) is 0 Å². The summed E-state index contributed by atoms with van der Waals surface area (Å²) in [6, 6.07) is 64.0. The van der Waals surface area contributed by atoms with Crippen molar-refractivity contribution in [3.8, 4) is 22.3 Å². The minimum absolute atomic E-state index is 1.14. The van der Waals surface area contributed by atoms with Crippen LogP contribution in [0.4, 0.5) is 17.1 Å². The van der Waals surface area contributed by atoms with Crippen LogP contribution in [0.25, 0.3) is 64.0 Å². The van der Waals surface area contributed by atoms with Crippen molar-refractivity contribution < 1.29 is 0 Å². The van der Waals surface area contributed by atoms with Crippen LogP contribution >= 0.6 is 11.3 Å². The summed E-state index contributed by atoms with van der Waals surface area (Å²) in [6.07, 6.45) is 0. The number of rotatable bonds is 5. The fourth-order valence-corrected chi connectivity index (χ4v) is 7.81. The Morgan fingerprint density at radius 2 is 0.848 bits per heavy atom. The van der Waals surface area contributed by atoms with Crippen LogP contribution in [0.15, 0.2) is 176 Å². The Bertz CT molecular complexity index is 2530. The van der Waals surface area contributed by atoms with Gasteiger partial charge in [0.2, 0.25) is 0 Å². The van der Waals surface area contributed by atoms with Gasteiger partial charge in [-0.1, -0.05) is 115 Å². The van der Waals surface area contributed by atoms with Crippen molar-refractivity contribution in [3.05, 3.63) is 176 Å². The SMILES string of the molecule is c1ccc(-c2ccc3cc(-c4ccc5ccc(N(c6ccccc6)c6ccc7c(c6)sc6ccccc67)cc5c4)ccc3c2)cc1. The van der Waals surface area contributed by atoms with Crippen LogP contribution in [0, 0.1) is 0 Å². The topological polar surface area (TPSA) is 3.24 Å². The number of fused-ring (bicyclic) bond motifs is 5. The largest absolute Gasteiger partial charge is 0.310 e. The molecule has 216 valence electrons. The van der Waals surface area contributed by atoms with E-state index in [1.165, 1.54) is 64.0 Å². The monoisotopic (exact) mass is 603 g/mol. The summed E-state index contributed by atoms with van der Waals surface area (Å²) in [6.45, 7) is 0. The van der Waals surface area contributed by atoms with Crippen LogP contribution in [0.5, 0.6) is 0 Å². The van der Waals surface area contributed by atoms with Gasteiger partial charge in [0.15, 0.2) is 0 Å². The Labute approximate surface area is 272 Å². The van der Waals surface area contributed by atoms with Gasteiger partial charge in [0.05, 0.1) is 0 Å². The zero-order chi connectivity index (χ0) is 30.5. The zero-order valence-corrected chi connectivity index (χ0v) is 25.9. The second-order valence-electron chi connectivity index (χ2n) is 11.8. The standard InChI is InChI=1S/C44H29NS/c1-3-9-30(10-4-1)32-17-18-34-26-35(20-19-33(34)25-32)36-16-15-31-21-22-39(28-37(31)27-36)45(38-11-5-2-6-12-38)40-23-24-42-41-13-7-8-14-43(41)46-44(42)29-40/h1-29H. The molecule has 0 atom stereocenters.